The van der Waals surface area contributed by atoms with Gasteiger partial charge < -0.3 is 29.0 Å². The van der Waals surface area contributed by atoms with Gasteiger partial charge in [0.1, 0.15) is 29.3 Å². The Labute approximate surface area is 275 Å². The average Bonchev–Trinajstić information content (AvgIpc) is 3.86. The van der Waals surface area contributed by atoms with Crippen molar-refractivity contribution in [2.75, 3.05) is 6.61 Å². The number of hydrogen-bond donors (Lipinski definition) is 3. The molecule has 9 nitrogen and oxygen atoms in total. The minimum atomic E-state index is -0.863. The van der Waals surface area contributed by atoms with Gasteiger partial charge in [-0.15, -0.1) is 0 Å². The summed E-state index contributed by atoms with van der Waals surface area (Å²) in [5.41, 5.74) is 3.29. The van der Waals surface area contributed by atoms with Gasteiger partial charge in [-0.3, -0.25) is 4.79 Å². The van der Waals surface area contributed by atoms with E-state index in [0.717, 1.165) is 22.2 Å². The number of H-pyrrole nitrogens is 2. The summed E-state index contributed by atoms with van der Waals surface area (Å²) in [6.07, 6.45) is 6.48. The molecule has 1 aliphatic heterocycles. The first-order chi connectivity index (χ1) is 23.2. The molecule has 48 heavy (non-hydrogen) atoms. The Kier molecular flexibility index (Phi) is 8.30. The smallest absolute Gasteiger partial charge is 0.303 e. The standard InChI is InChI=1S/C37H34F2N4O5/c1-21-36-42-19-25(48-36)17-27-26-11-13-40-31(26)18-30(39)34(27)47-24-8-9-29(38)28(16-24)35-41-20-32(43-35)37(2,12-4-14-46-21)23-6-3-5-22(15-23)7-10-33(44)45/h3,5-6,8-9,11,13,15-16,18-21,40H,4,7,10,12,14,17H2,1-2H3,(H,41,43)(H,44,45). The Morgan fingerprint density at radius 1 is 1.08 bits per heavy atom. The molecule has 0 spiro atoms. The van der Waals surface area contributed by atoms with Crippen LogP contribution in [0.1, 0.15) is 73.2 Å². The van der Waals surface area contributed by atoms with Gasteiger partial charge in [-0.1, -0.05) is 24.3 Å². The van der Waals surface area contributed by atoms with Gasteiger partial charge in [0.2, 0.25) is 5.89 Å². The van der Waals surface area contributed by atoms with E-state index in [2.05, 4.69) is 26.9 Å². The van der Waals surface area contributed by atoms with E-state index in [9.17, 15) is 9.90 Å². The quantitative estimate of drug-likeness (QED) is 0.175. The van der Waals surface area contributed by atoms with E-state index in [0.29, 0.717) is 54.4 Å². The third-order valence-electron chi connectivity index (χ3n) is 9.10. The lowest BCUT2D eigenvalue weighted by molar-refractivity contribution is -0.136. The maximum Gasteiger partial charge on any atom is 0.303 e. The first-order valence-corrected chi connectivity index (χ1v) is 15.9. The van der Waals surface area contributed by atoms with Gasteiger partial charge in [-0.2, -0.15) is 0 Å². The molecule has 0 aliphatic carbocycles. The zero-order valence-corrected chi connectivity index (χ0v) is 26.5. The van der Waals surface area contributed by atoms with Crippen molar-refractivity contribution in [1.82, 2.24) is 19.9 Å². The topological polar surface area (TPSA) is 126 Å². The summed E-state index contributed by atoms with van der Waals surface area (Å²) >= 11 is 0. The highest BCUT2D eigenvalue weighted by Gasteiger charge is 2.32. The molecule has 1 aliphatic rings. The zero-order chi connectivity index (χ0) is 33.4. The summed E-state index contributed by atoms with van der Waals surface area (Å²) in [6, 6.07) is 15.3. The Balaban J connectivity index is 1.33. The van der Waals surface area contributed by atoms with Crippen LogP contribution < -0.4 is 4.74 Å². The maximum absolute atomic E-state index is 15.7. The molecule has 7 rings (SSSR count). The fraction of sp³-hybridized carbons (Fsp3) is 0.270. The Hall–Kier alpha value is -5.29. The molecule has 0 radical (unpaired) electrons. The second kappa shape index (κ2) is 12.7. The Morgan fingerprint density at radius 2 is 1.96 bits per heavy atom. The van der Waals surface area contributed by atoms with Crippen LogP contribution in [0.15, 0.2) is 77.6 Å². The molecule has 246 valence electrons. The number of rotatable bonds is 4. The highest BCUT2D eigenvalue weighted by molar-refractivity contribution is 5.86. The van der Waals surface area contributed by atoms with E-state index in [4.69, 9.17) is 13.9 Å². The Morgan fingerprint density at radius 3 is 2.81 bits per heavy atom. The van der Waals surface area contributed by atoms with Gasteiger partial charge in [0.05, 0.1) is 11.8 Å². The second-order valence-electron chi connectivity index (χ2n) is 12.4. The molecule has 3 N–H and O–H groups in total. The summed E-state index contributed by atoms with van der Waals surface area (Å²) in [5.74, 6) is -0.545. The van der Waals surface area contributed by atoms with Crippen LogP contribution in [0.2, 0.25) is 0 Å². The monoisotopic (exact) mass is 652 g/mol. The number of aryl methyl sites for hydroxylation is 1. The number of carboxylic acid groups (broad SMARTS) is 1. The molecule has 0 amide bonds. The van der Waals surface area contributed by atoms with Gasteiger partial charge in [0.25, 0.3) is 0 Å². The fourth-order valence-corrected chi connectivity index (χ4v) is 6.39. The SMILES string of the molecule is CC1OCCCC(C)(c2cccc(CCC(=O)O)c2)c2cnc([nH]2)-c2cc(ccc2F)Oc2c(F)cc3[nH]ccc3c2Cc2cnc1o2. The minimum Gasteiger partial charge on any atom is -0.481 e. The molecule has 6 aromatic rings. The lowest BCUT2D eigenvalue weighted by Gasteiger charge is -2.30. The van der Waals surface area contributed by atoms with E-state index < -0.39 is 29.1 Å². The van der Waals surface area contributed by atoms with Gasteiger partial charge >= 0.3 is 5.97 Å². The first-order valence-electron chi connectivity index (χ1n) is 15.9. The molecule has 11 heteroatoms. The van der Waals surface area contributed by atoms with Crippen molar-refractivity contribution < 1.29 is 32.6 Å². The van der Waals surface area contributed by atoms with Crippen LogP contribution in [0.3, 0.4) is 0 Å². The van der Waals surface area contributed by atoms with Crippen LogP contribution in [0.25, 0.3) is 22.3 Å². The van der Waals surface area contributed by atoms with Crippen LogP contribution >= 0.6 is 0 Å². The number of ether oxygens (including phenoxy) is 2. The van der Waals surface area contributed by atoms with Crippen molar-refractivity contribution in [2.24, 2.45) is 0 Å². The molecule has 3 aromatic heterocycles. The number of halogens is 2. The third kappa shape index (κ3) is 6.09. The Bertz CT molecular complexity index is 2120. The van der Waals surface area contributed by atoms with Crippen molar-refractivity contribution >= 4 is 16.9 Å². The third-order valence-corrected chi connectivity index (χ3v) is 9.10. The molecule has 2 atom stereocenters. The number of aliphatic carboxylic acids is 1. The van der Waals surface area contributed by atoms with Crippen molar-refractivity contribution in [3.63, 3.8) is 0 Å². The normalized spacial score (nSPS) is 18.4. The molecule has 0 fully saturated rings. The number of nitrogens with one attached hydrogen (secondary N) is 2. The van der Waals surface area contributed by atoms with Gasteiger partial charge in [-0.05, 0) is 68.5 Å². The van der Waals surface area contributed by atoms with E-state index in [1.54, 1.807) is 18.6 Å². The lowest BCUT2D eigenvalue weighted by Crippen LogP contribution is -2.25. The lowest BCUT2D eigenvalue weighted by atomic mass is 9.75. The number of fused-ring (bicyclic) bond motifs is 10. The molecule has 3 aromatic carbocycles. The average molecular weight is 653 g/mol. The molecule has 2 unspecified atom stereocenters. The number of carboxylic acids is 1. The fourth-order valence-electron chi connectivity index (χ4n) is 6.39. The summed E-state index contributed by atoms with van der Waals surface area (Å²) in [4.78, 5) is 26.7. The summed E-state index contributed by atoms with van der Waals surface area (Å²) in [6.45, 7) is 4.34. The summed E-state index contributed by atoms with van der Waals surface area (Å²) < 4.78 is 49.5. The van der Waals surface area contributed by atoms with Crippen molar-refractivity contribution in [3.05, 3.63) is 119 Å². The minimum absolute atomic E-state index is 0.00434. The molecule has 6 bridgehead atoms. The van der Waals surface area contributed by atoms with Crippen LogP contribution in [0.5, 0.6) is 11.5 Å². The first kappa shape index (κ1) is 31.3. The number of hydrogen-bond acceptors (Lipinski definition) is 6. The summed E-state index contributed by atoms with van der Waals surface area (Å²) in [5, 5.41) is 9.99. The number of oxazole rings is 1. The summed E-state index contributed by atoms with van der Waals surface area (Å²) in [7, 11) is 0. The number of carbonyl (C=O) groups is 1. The van der Waals surface area contributed by atoms with Crippen molar-refractivity contribution in [2.45, 2.75) is 57.5 Å². The van der Waals surface area contributed by atoms with Gasteiger partial charge in [-0.25, -0.2) is 18.7 Å². The molecule has 0 saturated carbocycles. The van der Waals surface area contributed by atoms with Crippen molar-refractivity contribution in [3.8, 4) is 22.9 Å². The highest BCUT2D eigenvalue weighted by Crippen LogP contribution is 2.40. The van der Waals surface area contributed by atoms with Crippen molar-refractivity contribution in [1.29, 1.82) is 0 Å². The molecule has 0 saturated heterocycles. The van der Waals surface area contributed by atoms with Gasteiger partial charge in [0, 0.05) is 65.5 Å². The maximum atomic E-state index is 15.7. The number of aromatic nitrogens is 4. The van der Waals surface area contributed by atoms with Crippen LogP contribution in [-0.4, -0.2) is 37.6 Å². The predicted octanol–water partition coefficient (Wildman–Crippen LogP) is 8.40. The largest absolute Gasteiger partial charge is 0.481 e. The van der Waals surface area contributed by atoms with Crippen LogP contribution in [0, 0.1) is 11.6 Å². The highest BCUT2D eigenvalue weighted by atomic mass is 19.1. The number of benzene rings is 3. The zero-order valence-electron chi connectivity index (χ0n) is 26.5. The van der Waals surface area contributed by atoms with Gasteiger partial charge in [0.15, 0.2) is 11.6 Å². The number of imidazole rings is 1. The molecule has 4 heterocycles. The number of nitrogens with zero attached hydrogens (tertiary/aromatic N) is 2. The number of aromatic amines is 2. The van der Waals surface area contributed by atoms with Crippen LogP contribution in [-0.2, 0) is 27.8 Å². The predicted molar refractivity (Wildman–Crippen MR) is 174 cm³/mol. The van der Waals surface area contributed by atoms with E-state index in [1.165, 1.54) is 24.3 Å². The van der Waals surface area contributed by atoms with Crippen LogP contribution in [0.4, 0.5) is 8.78 Å². The molecular weight excluding hydrogens is 618 g/mol. The van der Waals surface area contributed by atoms with E-state index >= 15 is 8.78 Å². The molecular formula is C37H34F2N4O5. The second-order valence-corrected chi connectivity index (χ2v) is 12.4. The van der Waals surface area contributed by atoms with E-state index in [-0.39, 0.29) is 29.9 Å². The van der Waals surface area contributed by atoms with E-state index in [1.807, 2.05) is 37.3 Å².